The number of hydrogen-bond acceptors (Lipinski definition) is 2. The summed E-state index contributed by atoms with van der Waals surface area (Å²) in [4.78, 5) is 2.35. The third kappa shape index (κ3) is 4.43. The molecule has 2 nitrogen and oxygen atoms in total. The van der Waals surface area contributed by atoms with E-state index in [1.54, 1.807) is 0 Å². The average molecular weight is 248 g/mol. The van der Waals surface area contributed by atoms with Crippen LogP contribution < -0.4 is 5.73 Å². The van der Waals surface area contributed by atoms with Crippen LogP contribution in [0.2, 0.25) is 0 Å². The second-order valence-corrected chi connectivity index (χ2v) is 6.27. The highest BCUT2D eigenvalue weighted by molar-refractivity contribution is 5.38. The molecule has 0 aromatic heterocycles. The van der Waals surface area contributed by atoms with Crippen LogP contribution in [0.25, 0.3) is 0 Å². The first-order valence-corrected chi connectivity index (χ1v) is 6.74. The Morgan fingerprint density at radius 3 is 2.28 bits per heavy atom. The van der Waals surface area contributed by atoms with Crippen LogP contribution in [0.5, 0.6) is 0 Å². The summed E-state index contributed by atoms with van der Waals surface area (Å²) in [5.41, 5.74) is 11.6. The number of benzene rings is 1. The summed E-state index contributed by atoms with van der Waals surface area (Å²) in [6, 6.07) is 4.47. The van der Waals surface area contributed by atoms with Crippen LogP contribution >= 0.6 is 0 Å². The lowest BCUT2D eigenvalue weighted by Gasteiger charge is -2.24. The van der Waals surface area contributed by atoms with Crippen molar-refractivity contribution < 1.29 is 0 Å². The third-order valence-electron chi connectivity index (χ3n) is 3.75. The quantitative estimate of drug-likeness (QED) is 0.867. The standard InChI is InChI=1S/C16H28N2/c1-12-7-8-15(14(3)13(12)2)11-18(6)10-9-16(4,5)17/h7-8H,9-11,17H2,1-6H3. The van der Waals surface area contributed by atoms with Crippen LogP contribution in [-0.4, -0.2) is 24.0 Å². The zero-order valence-corrected chi connectivity index (χ0v) is 12.8. The van der Waals surface area contributed by atoms with Gasteiger partial charge in [-0.3, -0.25) is 0 Å². The minimum absolute atomic E-state index is 0.0769. The lowest BCUT2D eigenvalue weighted by Crippen LogP contribution is -2.36. The summed E-state index contributed by atoms with van der Waals surface area (Å²) in [6.07, 6.45) is 1.02. The molecule has 1 rings (SSSR count). The van der Waals surface area contributed by atoms with Gasteiger partial charge in [0.05, 0.1) is 0 Å². The molecule has 0 radical (unpaired) electrons. The fourth-order valence-electron chi connectivity index (χ4n) is 2.03. The smallest absolute Gasteiger partial charge is 0.0233 e. The molecule has 0 fully saturated rings. The Kier molecular flexibility index (Phi) is 4.94. The van der Waals surface area contributed by atoms with Crippen LogP contribution in [0.3, 0.4) is 0 Å². The maximum absolute atomic E-state index is 6.02. The van der Waals surface area contributed by atoms with Crippen LogP contribution in [0.15, 0.2) is 12.1 Å². The predicted octanol–water partition coefficient (Wildman–Crippen LogP) is 3.17. The van der Waals surface area contributed by atoms with Gasteiger partial charge in [-0.15, -0.1) is 0 Å². The van der Waals surface area contributed by atoms with Gasteiger partial charge in [-0.25, -0.2) is 0 Å². The van der Waals surface area contributed by atoms with Gasteiger partial charge < -0.3 is 10.6 Å². The van der Waals surface area contributed by atoms with Crippen molar-refractivity contribution in [3.05, 3.63) is 34.4 Å². The summed E-state index contributed by atoms with van der Waals surface area (Å²) < 4.78 is 0. The highest BCUT2D eigenvalue weighted by Crippen LogP contribution is 2.18. The molecule has 0 heterocycles. The van der Waals surface area contributed by atoms with E-state index in [1.807, 2.05) is 0 Å². The average Bonchev–Trinajstić information content (AvgIpc) is 2.26. The molecule has 1 aromatic rings. The van der Waals surface area contributed by atoms with E-state index in [9.17, 15) is 0 Å². The van der Waals surface area contributed by atoms with Gasteiger partial charge in [0, 0.05) is 12.1 Å². The molecule has 2 N–H and O–H groups in total. The van der Waals surface area contributed by atoms with Crippen LogP contribution in [0.1, 0.15) is 42.5 Å². The molecule has 0 amide bonds. The van der Waals surface area contributed by atoms with Gasteiger partial charge in [0.25, 0.3) is 0 Å². The third-order valence-corrected chi connectivity index (χ3v) is 3.75. The van der Waals surface area contributed by atoms with Gasteiger partial charge in [-0.2, -0.15) is 0 Å². The lowest BCUT2D eigenvalue weighted by atomic mass is 9.98. The Labute approximate surface area is 112 Å². The van der Waals surface area contributed by atoms with Crippen molar-refractivity contribution in [1.82, 2.24) is 4.90 Å². The molecule has 1 aromatic carbocycles. The van der Waals surface area contributed by atoms with E-state index in [0.717, 1.165) is 19.5 Å². The molecule has 102 valence electrons. The molecule has 0 bridgehead atoms. The van der Waals surface area contributed by atoms with Gasteiger partial charge in [-0.05, 0) is 76.9 Å². The van der Waals surface area contributed by atoms with Gasteiger partial charge in [-0.1, -0.05) is 12.1 Å². The number of rotatable bonds is 5. The summed E-state index contributed by atoms with van der Waals surface area (Å²) >= 11 is 0. The molecule has 2 heteroatoms. The Hall–Kier alpha value is -0.860. The maximum atomic E-state index is 6.02. The van der Waals surface area contributed by atoms with Crippen molar-refractivity contribution >= 4 is 0 Å². The fourth-order valence-corrected chi connectivity index (χ4v) is 2.03. The second-order valence-electron chi connectivity index (χ2n) is 6.27. The molecule has 0 unspecified atom stereocenters. The molecule has 0 aliphatic heterocycles. The first-order valence-electron chi connectivity index (χ1n) is 6.74. The number of nitrogens with two attached hydrogens (primary N) is 1. The van der Waals surface area contributed by atoms with Crippen molar-refractivity contribution in [3.8, 4) is 0 Å². The summed E-state index contributed by atoms with van der Waals surface area (Å²) in [5.74, 6) is 0. The Morgan fingerprint density at radius 1 is 1.11 bits per heavy atom. The van der Waals surface area contributed by atoms with E-state index in [0.29, 0.717) is 0 Å². The molecule has 0 atom stereocenters. The van der Waals surface area contributed by atoms with E-state index in [1.165, 1.54) is 22.3 Å². The Morgan fingerprint density at radius 2 is 1.72 bits per heavy atom. The molecule has 0 aliphatic rings. The lowest BCUT2D eigenvalue weighted by molar-refractivity contribution is 0.288. The van der Waals surface area contributed by atoms with Crippen molar-refractivity contribution in [1.29, 1.82) is 0 Å². The van der Waals surface area contributed by atoms with Gasteiger partial charge in [0.2, 0.25) is 0 Å². The summed E-state index contributed by atoms with van der Waals surface area (Å²) in [5, 5.41) is 0. The topological polar surface area (TPSA) is 29.3 Å². The van der Waals surface area contributed by atoms with Crippen molar-refractivity contribution in [2.24, 2.45) is 5.73 Å². The summed E-state index contributed by atoms with van der Waals surface area (Å²) in [6.45, 7) is 12.8. The zero-order chi connectivity index (χ0) is 13.9. The van der Waals surface area contributed by atoms with Crippen molar-refractivity contribution in [2.45, 2.75) is 53.1 Å². The van der Waals surface area contributed by atoms with Crippen LogP contribution in [0.4, 0.5) is 0 Å². The minimum Gasteiger partial charge on any atom is -0.326 e. The van der Waals surface area contributed by atoms with Crippen molar-refractivity contribution in [3.63, 3.8) is 0 Å². The minimum atomic E-state index is -0.0769. The van der Waals surface area contributed by atoms with Gasteiger partial charge in [0.1, 0.15) is 0 Å². The SMILES string of the molecule is Cc1ccc(CN(C)CCC(C)(C)N)c(C)c1C. The normalized spacial score (nSPS) is 12.2. The van der Waals surface area contributed by atoms with E-state index in [2.05, 4.69) is 58.7 Å². The molecular weight excluding hydrogens is 220 g/mol. The molecular formula is C16H28N2. The number of hydrogen-bond donors (Lipinski definition) is 1. The largest absolute Gasteiger partial charge is 0.326 e. The first-order chi connectivity index (χ1) is 8.20. The second kappa shape index (κ2) is 5.85. The first kappa shape index (κ1) is 15.2. The molecule has 18 heavy (non-hydrogen) atoms. The highest BCUT2D eigenvalue weighted by Gasteiger charge is 2.12. The van der Waals surface area contributed by atoms with Crippen molar-refractivity contribution in [2.75, 3.05) is 13.6 Å². The van der Waals surface area contributed by atoms with Gasteiger partial charge >= 0.3 is 0 Å². The van der Waals surface area contributed by atoms with E-state index >= 15 is 0 Å². The molecule has 0 spiro atoms. The molecule has 0 saturated carbocycles. The van der Waals surface area contributed by atoms with E-state index in [4.69, 9.17) is 5.73 Å². The Bertz CT molecular complexity index is 402. The molecule has 0 aliphatic carbocycles. The highest BCUT2D eigenvalue weighted by atomic mass is 15.1. The summed E-state index contributed by atoms with van der Waals surface area (Å²) in [7, 11) is 2.17. The predicted molar refractivity (Wildman–Crippen MR) is 79.9 cm³/mol. The maximum Gasteiger partial charge on any atom is 0.0233 e. The monoisotopic (exact) mass is 248 g/mol. The molecule has 0 saturated heterocycles. The fraction of sp³-hybridized carbons (Fsp3) is 0.625. The van der Waals surface area contributed by atoms with E-state index < -0.39 is 0 Å². The number of nitrogens with zero attached hydrogens (tertiary/aromatic N) is 1. The van der Waals surface area contributed by atoms with Gasteiger partial charge in [0.15, 0.2) is 0 Å². The zero-order valence-electron chi connectivity index (χ0n) is 12.8. The number of aryl methyl sites for hydroxylation is 1. The van der Waals surface area contributed by atoms with E-state index in [-0.39, 0.29) is 5.54 Å². The Balaban J connectivity index is 2.65. The van der Waals surface area contributed by atoms with Crippen LogP contribution in [-0.2, 0) is 6.54 Å². The van der Waals surface area contributed by atoms with Crippen LogP contribution in [0, 0.1) is 20.8 Å².